The molecule has 0 spiro atoms. The Balaban J connectivity index is 1.68. The fourth-order valence-corrected chi connectivity index (χ4v) is 5.82. The number of sulfonamides is 1. The van der Waals surface area contributed by atoms with Crippen LogP contribution in [-0.4, -0.2) is 44.3 Å². The zero-order valence-electron chi connectivity index (χ0n) is 13.1. The fourth-order valence-electron chi connectivity index (χ4n) is 3.66. The van der Waals surface area contributed by atoms with Crippen molar-refractivity contribution in [1.29, 1.82) is 0 Å². The normalized spacial score (nSPS) is 28.0. The second kappa shape index (κ2) is 6.69. The van der Waals surface area contributed by atoms with Crippen molar-refractivity contribution in [3.8, 4) is 0 Å². The van der Waals surface area contributed by atoms with Crippen LogP contribution >= 0.6 is 0 Å². The molecule has 22 heavy (non-hydrogen) atoms. The smallest absolute Gasteiger partial charge is 0.214 e. The number of rotatable bonds is 4. The lowest BCUT2D eigenvalue weighted by atomic mass is 9.97. The van der Waals surface area contributed by atoms with E-state index >= 15 is 0 Å². The van der Waals surface area contributed by atoms with Crippen LogP contribution in [0.5, 0.6) is 0 Å². The summed E-state index contributed by atoms with van der Waals surface area (Å²) in [5.74, 6) is 0.852. The van der Waals surface area contributed by atoms with Gasteiger partial charge in [-0.2, -0.15) is 4.31 Å². The van der Waals surface area contributed by atoms with Gasteiger partial charge in [0.25, 0.3) is 0 Å². The second-order valence-electron chi connectivity index (χ2n) is 6.60. The van der Waals surface area contributed by atoms with Crippen LogP contribution in [0.1, 0.15) is 37.7 Å². The lowest BCUT2D eigenvalue weighted by molar-refractivity contribution is 0.0720. The summed E-state index contributed by atoms with van der Waals surface area (Å²) < 4.78 is 32.6. The van der Waals surface area contributed by atoms with Gasteiger partial charge in [0.15, 0.2) is 0 Å². The molecule has 0 radical (unpaired) electrons. The van der Waals surface area contributed by atoms with Gasteiger partial charge in [-0.3, -0.25) is 0 Å². The number of benzene rings is 1. The zero-order chi connectivity index (χ0) is 15.6. The Morgan fingerprint density at radius 2 is 1.86 bits per heavy atom. The highest BCUT2D eigenvalue weighted by Crippen LogP contribution is 2.34. The van der Waals surface area contributed by atoms with Gasteiger partial charge in [0.1, 0.15) is 0 Å². The molecular formula is C17H25NO3S. The Hall–Kier alpha value is -0.910. The predicted molar refractivity (Wildman–Crippen MR) is 87.3 cm³/mol. The summed E-state index contributed by atoms with van der Waals surface area (Å²) in [6.45, 7) is 4.05. The van der Waals surface area contributed by atoms with Crippen LogP contribution in [0.3, 0.4) is 0 Å². The van der Waals surface area contributed by atoms with Gasteiger partial charge >= 0.3 is 0 Å². The van der Waals surface area contributed by atoms with Crippen molar-refractivity contribution in [3.05, 3.63) is 35.9 Å². The summed E-state index contributed by atoms with van der Waals surface area (Å²) >= 11 is 0. The molecule has 2 unspecified atom stereocenters. The minimum atomic E-state index is -3.17. The summed E-state index contributed by atoms with van der Waals surface area (Å²) in [5.41, 5.74) is 1.25. The molecule has 0 N–H and O–H groups in total. The molecule has 0 bridgehead atoms. The molecule has 0 amide bonds. The maximum atomic E-state index is 12.8. The lowest BCUT2D eigenvalue weighted by Crippen LogP contribution is -2.38. The first-order valence-corrected chi connectivity index (χ1v) is 9.79. The van der Waals surface area contributed by atoms with E-state index in [9.17, 15) is 8.42 Å². The Kier molecular flexibility index (Phi) is 4.85. The highest BCUT2D eigenvalue weighted by atomic mass is 32.2. The molecule has 2 fully saturated rings. The van der Waals surface area contributed by atoms with Gasteiger partial charge in [0.05, 0.1) is 5.75 Å². The standard InChI is InChI=1S/C17H25NO3S/c1-14-11-17(16-5-3-2-4-6-16)12-18(14)22(19,20)13-15-7-9-21-10-8-15/h2-6,14-15,17H,7-13H2,1H3. The Morgan fingerprint density at radius 3 is 2.55 bits per heavy atom. The van der Waals surface area contributed by atoms with Crippen LogP contribution < -0.4 is 0 Å². The molecular weight excluding hydrogens is 298 g/mol. The topological polar surface area (TPSA) is 46.6 Å². The average Bonchev–Trinajstić information content (AvgIpc) is 2.92. The van der Waals surface area contributed by atoms with Crippen molar-refractivity contribution in [3.63, 3.8) is 0 Å². The van der Waals surface area contributed by atoms with E-state index in [-0.39, 0.29) is 17.7 Å². The van der Waals surface area contributed by atoms with E-state index < -0.39 is 10.0 Å². The molecule has 2 atom stereocenters. The molecule has 2 aliphatic heterocycles. The monoisotopic (exact) mass is 323 g/mol. The molecule has 3 rings (SSSR count). The van der Waals surface area contributed by atoms with E-state index in [2.05, 4.69) is 12.1 Å². The summed E-state index contributed by atoms with van der Waals surface area (Å²) in [6.07, 6.45) is 2.64. The fraction of sp³-hybridized carbons (Fsp3) is 0.647. The first-order chi connectivity index (χ1) is 10.6. The van der Waals surface area contributed by atoms with Crippen LogP contribution in [0, 0.1) is 5.92 Å². The third kappa shape index (κ3) is 3.53. The first kappa shape index (κ1) is 16.0. The summed E-state index contributed by atoms with van der Waals surface area (Å²) in [6, 6.07) is 10.4. The molecule has 0 aliphatic carbocycles. The van der Waals surface area contributed by atoms with Gasteiger partial charge in [-0.15, -0.1) is 0 Å². The minimum absolute atomic E-state index is 0.0926. The third-order valence-corrected chi connectivity index (χ3v) is 7.05. The van der Waals surface area contributed by atoms with Crippen LogP contribution in [-0.2, 0) is 14.8 Å². The van der Waals surface area contributed by atoms with Gasteiger partial charge in [-0.05, 0) is 43.6 Å². The SMILES string of the molecule is CC1CC(c2ccccc2)CN1S(=O)(=O)CC1CCOCC1. The van der Waals surface area contributed by atoms with E-state index in [0.29, 0.717) is 25.7 Å². The van der Waals surface area contributed by atoms with Crippen LogP contribution in [0.2, 0.25) is 0 Å². The van der Waals surface area contributed by atoms with E-state index in [0.717, 1.165) is 19.3 Å². The van der Waals surface area contributed by atoms with Crippen molar-refractivity contribution in [1.82, 2.24) is 4.31 Å². The molecule has 5 heteroatoms. The van der Waals surface area contributed by atoms with Gasteiger partial charge in [-0.25, -0.2) is 8.42 Å². The van der Waals surface area contributed by atoms with Gasteiger partial charge in [-0.1, -0.05) is 30.3 Å². The quantitative estimate of drug-likeness (QED) is 0.856. The van der Waals surface area contributed by atoms with Crippen LogP contribution in [0.25, 0.3) is 0 Å². The maximum absolute atomic E-state index is 12.8. The molecule has 1 aromatic rings. The highest BCUT2D eigenvalue weighted by molar-refractivity contribution is 7.89. The van der Waals surface area contributed by atoms with Crippen molar-refractivity contribution in [2.45, 2.75) is 38.1 Å². The Bertz CT molecular complexity index is 581. The second-order valence-corrected chi connectivity index (χ2v) is 8.56. The summed E-state index contributed by atoms with van der Waals surface area (Å²) in [7, 11) is -3.17. The molecule has 2 heterocycles. The molecule has 2 saturated heterocycles. The van der Waals surface area contributed by atoms with E-state index in [1.54, 1.807) is 4.31 Å². The molecule has 122 valence electrons. The molecule has 0 saturated carbocycles. The molecule has 0 aromatic heterocycles. The van der Waals surface area contributed by atoms with Gasteiger partial charge in [0, 0.05) is 25.8 Å². The predicted octanol–water partition coefficient (Wildman–Crippen LogP) is 2.62. The highest BCUT2D eigenvalue weighted by Gasteiger charge is 2.38. The maximum Gasteiger partial charge on any atom is 0.214 e. The van der Waals surface area contributed by atoms with Crippen LogP contribution in [0.4, 0.5) is 0 Å². The van der Waals surface area contributed by atoms with Crippen molar-refractivity contribution >= 4 is 10.0 Å². The third-order valence-electron chi connectivity index (χ3n) is 4.93. The Morgan fingerprint density at radius 1 is 1.18 bits per heavy atom. The van der Waals surface area contributed by atoms with Crippen molar-refractivity contribution in [2.75, 3.05) is 25.5 Å². The first-order valence-electron chi connectivity index (χ1n) is 8.18. The van der Waals surface area contributed by atoms with Crippen LogP contribution in [0.15, 0.2) is 30.3 Å². The number of nitrogens with zero attached hydrogens (tertiary/aromatic N) is 1. The number of hydrogen-bond donors (Lipinski definition) is 0. The van der Waals surface area contributed by atoms with E-state index in [1.165, 1.54) is 5.56 Å². The Labute approximate surface area is 133 Å². The van der Waals surface area contributed by atoms with E-state index in [1.807, 2.05) is 25.1 Å². The molecule has 4 nitrogen and oxygen atoms in total. The lowest BCUT2D eigenvalue weighted by Gasteiger charge is -2.26. The molecule has 2 aliphatic rings. The summed E-state index contributed by atoms with van der Waals surface area (Å²) in [4.78, 5) is 0. The van der Waals surface area contributed by atoms with Crippen molar-refractivity contribution < 1.29 is 13.2 Å². The van der Waals surface area contributed by atoms with Gasteiger partial charge < -0.3 is 4.74 Å². The molecule has 1 aromatic carbocycles. The zero-order valence-corrected chi connectivity index (χ0v) is 14.0. The number of ether oxygens (including phenoxy) is 1. The minimum Gasteiger partial charge on any atom is -0.381 e. The number of hydrogen-bond acceptors (Lipinski definition) is 3. The largest absolute Gasteiger partial charge is 0.381 e. The van der Waals surface area contributed by atoms with Gasteiger partial charge in [0.2, 0.25) is 10.0 Å². The van der Waals surface area contributed by atoms with E-state index in [4.69, 9.17) is 4.74 Å². The van der Waals surface area contributed by atoms with Crippen molar-refractivity contribution in [2.24, 2.45) is 5.92 Å². The summed E-state index contributed by atoms with van der Waals surface area (Å²) in [5, 5.41) is 0. The average molecular weight is 323 g/mol.